The monoisotopic (exact) mass is 297 g/mol. The van der Waals surface area contributed by atoms with Gasteiger partial charge in [0, 0.05) is 17.1 Å². The molecule has 100 valence electrons. The van der Waals surface area contributed by atoms with Crippen molar-refractivity contribution < 1.29 is 4.79 Å². The van der Waals surface area contributed by atoms with Gasteiger partial charge in [-0.15, -0.1) is 0 Å². The van der Waals surface area contributed by atoms with Crippen LogP contribution in [0.25, 0.3) is 0 Å². The van der Waals surface area contributed by atoms with Crippen molar-refractivity contribution in [2.24, 2.45) is 0 Å². The summed E-state index contributed by atoms with van der Waals surface area (Å²) in [5.41, 5.74) is 0.377. The van der Waals surface area contributed by atoms with Gasteiger partial charge in [0.05, 0.1) is 16.8 Å². The van der Waals surface area contributed by atoms with Crippen LogP contribution in [0.4, 0.5) is 5.82 Å². The predicted octanol–water partition coefficient (Wildman–Crippen LogP) is 4.02. The van der Waals surface area contributed by atoms with Crippen molar-refractivity contribution in [3.05, 3.63) is 46.1 Å². The fourth-order valence-corrected chi connectivity index (χ4v) is 2.18. The Bertz CT molecular complexity index is 608. The second-order valence-electron chi connectivity index (χ2n) is 4.33. The van der Waals surface area contributed by atoms with Gasteiger partial charge in [-0.05, 0) is 32.0 Å². The van der Waals surface area contributed by atoms with Gasteiger partial charge in [-0.1, -0.05) is 23.2 Å². The minimum Gasteiger partial charge on any atom is -0.307 e. The molecule has 0 spiro atoms. The van der Waals surface area contributed by atoms with E-state index in [1.54, 1.807) is 29.1 Å². The van der Waals surface area contributed by atoms with Crippen LogP contribution in [-0.2, 0) is 0 Å². The van der Waals surface area contributed by atoms with Crippen LogP contribution in [0.1, 0.15) is 30.2 Å². The maximum atomic E-state index is 12.1. The lowest BCUT2D eigenvalue weighted by Crippen LogP contribution is -2.17. The highest BCUT2D eigenvalue weighted by Crippen LogP contribution is 2.22. The number of nitrogens with zero attached hydrogens (tertiary/aromatic N) is 2. The van der Waals surface area contributed by atoms with E-state index in [0.717, 1.165) is 0 Å². The minimum absolute atomic E-state index is 0.158. The van der Waals surface area contributed by atoms with E-state index in [1.807, 2.05) is 13.8 Å². The summed E-state index contributed by atoms with van der Waals surface area (Å²) in [6.07, 6.45) is 1.64. The lowest BCUT2D eigenvalue weighted by atomic mass is 10.2. The molecule has 2 aromatic rings. The molecule has 1 amide bonds. The Balaban J connectivity index is 2.23. The molecular formula is C13H13Cl2N3O. The fraction of sp³-hybridized carbons (Fsp3) is 0.231. The van der Waals surface area contributed by atoms with Crippen molar-refractivity contribution in [3.63, 3.8) is 0 Å². The van der Waals surface area contributed by atoms with E-state index in [2.05, 4.69) is 10.4 Å². The first kappa shape index (κ1) is 13.9. The largest absolute Gasteiger partial charge is 0.307 e. The van der Waals surface area contributed by atoms with Crippen LogP contribution in [0.2, 0.25) is 10.0 Å². The second-order valence-corrected chi connectivity index (χ2v) is 5.18. The summed E-state index contributed by atoms with van der Waals surface area (Å²) in [6, 6.07) is 6.66. The third-order valence-corrected chi connectivity index (χ3v) is 3.12. The van der Waals surface area contributed by atoms with E-state index in [1.165, 1.54) is 6.07 Å². The zero-order chi connectivity index (χ0) is 14.0. The van der Waals surface area contributed by atoms with Crippen LogP contribution in [0.5, 0.6) is 0 Å². The average molecular weight is 298 g/mol. The molecule has 4 nitrogen and oxygen atoms in total. The van der Waals surface area contributed by atoms with Crippen molar-refractivity contribution in [2.75, 3.05) is 5.32 Å². The molecule has 1 N–H and O–H groups in total. The summed E-state index contributed by atoms with van der Waals surface area (Å²) in [4.78, 5) is 12.1. The first-order valence-corrected chi connectivity index (χ1v) is 6.54. The maximum absolute atomic E-state index is 12.1. The number of rotatable bonds is 3. The molecule has 0 fully saturated rings. The number of hydrogen-bond donors (Lipinski definition) is 1. The van der Waals surface area contributed by atoms with Crippen LogP contribution in [-0.4, -0.2) is 15.7 Å². The molecule has 0 aliphatic rings. The molecule has 0 aliphatic carbocycles. The van der Waals surface area contributed by atoms with Gasteiger partial charge < -0.3 is 5.32 Å². The van der Waals surface area contributed by atoms with Crippen LogP contribution in [0, 0.1) is 0 Å². The Morgan fingerprint density at radius 2 is 2.05 bits per heavy atom. The zero-order valence-corrected chi connectivity index (χ0v) is 12.0. The van der Waals surface area contributed by atoms with E-state index in [-0.39, 0.29) is 11.9 Å². The first-order chi connectivity index (χ1) is 8.99. The molecule has 6 heteroatoms. The van der Waals surface area contributed by atoms with Gasteiger partial charge in [0.15, 0.2) is 0 Å². The van der Waals surface area contributed by atoms with Crippen LogP contribution < -0.4 is 5.32 Å². The van der Waals surface area contributed by atoms with E-state index in [9.17, 15) is 4.79 Å². The molecular weight excluding hydrogens is 285 g/mol. The number of aromatic nitrogens is 2. The van der Waals surface area contributed by atoms with Crippen molar-refractivity contribution in [3.8, 4) is 0 Å². The molecule has 1 aromatic carbocycles. The number of carbonyl (C=O) groups is 1. The first-order valence-electron chi connectivity index (χ1n) is 5.79. The molecule has 0 saturated carbocycles. The van der Waals surface area contributed by atoms with E-state index in [4.69, 9.17) is 23.2 Å². The topological polar surface area (TPSA) is 46.9 Å². The molecule has 1 heterocycles. The summed E-state index contributed by atoms with van der Waals surface area (Å²) < 4.78 is 1.72. The summed E-state index contributed by atoms with van der Waals surface area (Å²) in [7, 11) is 0. The van der Waals surface area contributed by atoms with Gasteiger partial charge in [0.2, 0.25) is 0 Å². The molecule has 0 aliphatic heterocycles. The summed E-state index contributed by atoms with van der Waals surface area (Å²) in [5.74, 6) is 0.343. The molecule has 0 bridgehead atoms. The van der Waals surface area contributed by atoms with Crippen LogP contribution in [0.15, 0.2) is 30.5 Å². The quantitative estimate of drug-likeness (QED) is 0.930. The Morgan fingerprint density at radius 3 is 2.68 bits per heavy atom. The molecule has 0 unspecified atom stereocenters. The molecule has 0 atom stereocenters. The molecule has 19 heavy (non-hydrogen) atoms. The van der Waals surface area contributed by atoms with Crippen LogP contribution in [0.3, 0.4) is 0 Å². The Kier molecular flexibility index (Phi) is 4.12. The second kappa shape index (κ2) is 5.63. The van der Waals surface area contributed by atoms with Gasteiger partial charge >= 0.3 is 0 Å². The van der Waals surface area contributed by atoms with E-state index in [0.29, 0.717) is 21.4 Å². The summed E-state index contributed by atoms with van der Waals surface area (Å²) >= 11 is 11.8. The predicted molar refractivity (Wildman–Crippen MR) is 77.0 cm³/mol. The van der Waals surface area contributed by atoms with Gasteiger partial charge in [-0.2, -0.15) is 5.10 Å². The standard InChI is InChI=1S/C13H13Cl2N3O/c1-8(2)18-12(5-6-16-18)17-13(19)10-4-3-9(14)7-11(10)15/h3-8H,1-2H3,(H,17,19). The smallest absolute Gasteiger partial charge is 0.258 e. The Morgan fingerprint density at radius 1 is 1.32 bits per heavy atom. The maximum Gasteiger partial charge on any atom is 0.258 e. The highest BCUT2D eigenvalue weighted by Gasteiger charge is 2.14. The lowest BCUT2D eigenvalue weighted by Gasteiger charge is -2.12. The highest BCUT2D eigenvalue weighted by molar-refractivity contribution is 6.37. The van der Waals surface area contributed by atoms with E-state index >= 15 is 0 Å². The number of carbonyl (C=O) groups excluding carboxylic acids is 1. The SMILES string of the molecule is CC(C)n1nccc1NC(=O)c1ccc(Cl)cc1Cl. The van der Waals surface area contributed by atoms with Gasteiger partial charge in [-0.25, -0.2) is 4.68 Å². The summed E-state index contributed by atoms with van der Waals surface area (Å²) in [5, 5.41) is 7.74. The minimum atomic E-state index is -0.288. The van der Waals surface area contributed by atoms with Gasteiger partial charge in [-0.3, -0.25) is 4.79 Å². The molecule has 0 radical (unpaired) electrons. The number of halogens is 2. The van der Waals surface area contributed by atoms with Crippen molar-refractivity contribution in [2.45, 2.75) is 19.9 Å². The van der Waals surface area contributed by atoms with Crippen molar-refractivity contribution in [1.82, 2.24) is 9.78 Å². The van der Waals surface area contributed by atoms with Crippen molar-refractivity contribution in [1.29, 1.82) is 0 Å². The number of amides is 1. The molecule has 1 aromatic heterocycles. The Hall–Kier alpha value is -1.52. The third kappa shape index (κ3) is 3.08. The third-order valence-electron chi connectivity index (χ3n) is 2.58. The Labute approximate surface area is 121 Å². The lowest BCUT2D eigenvalue weighted by molar-refractivity contribution is 0.102. The normalized spacial score (nSPS) is 10.8. The van der Waals surface area contributed by atoms with E-state index < -0.39 is 0 Å². The van der Waals surface area contributed by atoms with Crippen molar-refractivity contribution >= 4 is 34.9 Å². The van der Waals surface area contributed by atoms with Gasteiger partial charge in [0.1, 0.15) is 5.82 Å². The fourth-order valence-electron chi connectivity index (χ4n) is 1.68. The van der Waals surface area contributed by atoms with Crippen LogP contribution >= 0.6 is 23.2 Å². The summed E-state index contributed by atoms with van der Waals surface area (Å²) in [6.45, 7) is 3.97. The number of nitrogens with one attached hydrogen (secondary N) is 1. The molecule has 0 saturated heterocycles. The molecule has 2 rings (SSSR count). The average Bonchev–Trinajstić information content (AvgIpc) is 2.76. The zero-order valence-electron chi connectivity index (χ0n) is 10.5. The number of hydrogen-bond acceptors (Lipinski definition) is 2. The van der Waals surface area contributed by atoms with Gasteiger partial charge in [0.25, 0.3) is 5.91 Å². The number of anilines is 1. The highest BCUT2D eigenvalue weighted by atomic mass is 35.5. The number of benzene rings is 1.